The molecule has 4 rings (SSSR count). The summed E-state index contributed by atoms with van der Waals surface area (Å²) >= 11 is 12.8. The van der Waals surface area contributed by atoms with Gasteiger partial charge < -0.3 is 10.2 Å². The van der Waals surface area contributed by atoms with E-state index in [1.165, 1.54) is 17.0 Å². The van der Waals surface area contributed by atoms with E-state index in [0.717, 1.165) is 15.4 Å². The minimum absolute atomic E-state index is 0.0449. The standard InChI is InChI=1S/C37H41Cl2N3O4S/c1-26(2)23-40-37(44)35(21-28-11-7-5-8-12-28)41(24-30-15-18-31(38)22-34(30)39)36(43)25-42(32-19-16-29(17-20-32)27(3)4)47(45,46)33-13-9-6-10-14-33/h5-20,22,26-27,35H,21,23-25H2,1-4H3,(H,40,44)/t35-/m0/s1. The molecule has 0 aromatic heterocycles. The highest BCUT2D eigenvalue weighted by Gasteiger charge is 2.35. The van der Waals surface area contributed by atoms with Gasteiger partial charge in [-0.3, -0.25) is 13.9 Å². The topological polar surface area (TPSA) is 86.8 Å². The molecular formula is C37H41Cl2N3O4S. The van der Waals surface area contributed by atoms with Crippen LogP contribution in [0.25, 0.3) is 0 Å². The molecule has 0 radical (unpaired) electrons. The van der Waals surface area contributed by atoms with Crippen LogP contribution >= 0.6 is 23.2 Å². The molecule has 0 aliphatic heterocycles. The molecule has 4 aromatic rings. The van der Waals surface area contributed by atoms with Crippen LogP contribution in [-0.4, -0.2) is 44.3 Å². The van der Waals surface area contributed by atoms with Gasteiger partial charge in [-0.15, -0.1) is 0 Å². The van der Waals surface area contributed by atoms with E-state index in [-0.39, 0.29) is 35.6 Å². The lowest BCUT2D eigenvalue weighted by atomic mass is 10.0. The Bertz CT molecular complexity index is 1750. The minimum atomic E-state index is -4.19. The first-order valence-corrected chi connectivity index (χ1v) is 17.8. The quantitative estimate of drug-likeness (QED) is 0.147. The zero-order valence-electron chi connectivity index (χ0n) is 27.1. The van der Waals surface area contributed by atoms with Crippen LogP contribution in [-0.2, 0) is 32.6 Å². The average molecular weight is 695 g/mol. The fourth-order valence-corrected chi connectivity index (χ4v) is 6.99. The van der Waals surface area contributed by atoms with E-state index in [4.69, 9.17) is 23.2 Å². The van der Waals surface area contributed by atoms with Gasteiger partial charge in [0.1, 0.15) is 12.6 Å². The van der Waals surface area contributed by atoms with Gasteiger partial charge in [0.15, 0.2) is 0 Å². The molecule has 0 heterocycles. The van der Waals surface area contributed by atoms with Crippen LogP contribution in [0, 0.1) is 5.92 Å². The number of sulfonamides is 1. The summed E-state index contributed by atoms with van der Waals surface area (Å²) in [5.41, 5.74) is 2.77. The SMILES string of the molecule is CC(C)CNC(=O)[C@H](Cc1ccccc1)N(Cc1ccc(Cl)cc1Cl)C(=O)CN(c1ccc(C(C)C)cc1)S(=O)(=O)c1ccccc1. The Morgan fingerprint density at radius 3 is 2.00 bits per heavy atom. The second-order valence-electron chi connectivity index (χ2n) is 12.2. The van der Waals surface area contributed by atoms with Crippen molar-refractivity contribution in [1.29, 1.82) is 0 Å². The van der Waals surface area contributed by atoms with Gasteiger partial charge in [0, 0.05) is 29.6 Å². The minimum Gasteiger partial charge on any atom is -0.354 e. The lowest BCUT2D eigenvalue weighted by molar-refractivity contribution is -0.140. The number of rotatable bonds is 14. The molecule has 248 valence electrons. The van der Waals surface area contributed by atoms with E-state index >= 15 is 0 Å². The molecule has 0 saturated carbocycles. The van der Waals surface area contributed by atoms with Crippen molar-refractivity contribution in [2.24, 2.45) is 5.92 Å². The lowest BCUT2D eigenvalue weighted by Crippen LogP contribution is -2.53. The van der Waals surface area contributed by atoms with Gasteiger partial charge in [0.05, 0.1) is 10.6 Å². The summed E-state index contributed by atoms with van der Waals surface area (Å²) in [5, 5.41) is 3.74. The largest absolute Gasteiger partial charge is 0.354 e. The van der Waals surface area contributed by atoms with E-state index in [9.17, 15) is 18.0 Å². The fourth-order valence-electron chi connectivity index (χ4n) is 5.08. The van der Waals surface area contributed by atoms with Crippen molar-refractivity contribution in [3.05, 3.63) is 130 Å². The predicted molar refractivity (Wildman–Crippen MR) is 190 cm³/mol. The van der Waals surface area contributed by atoms with Gasteiger partial charge in [0.2, 0.25) is 11.8 Å². The third-order valence-electron chi connectivity index (χ3n) is 7.77. The molecule has 1 atom stereocenters. The Morgan fingerprint density at radius 1 is 0.809 bits per heavy atom. The first kappa shape index (κ1) is 36.0. The number of carbonyl (C=O) groups excluding carboxylic acids is 2. The summed E-state index contributed by atoms with van der Waals surface area (Å²) < 4.78 is 29.5. The van der Waals surface area contributed by atoms with Crippen molar-refractivity contribution in [2.45, 2.75) is 57.5 Å². The van der Waals surface area contributed by atoms with Crippen molar-refractivity contribution < 1.29 is 18.0 Å². The lowest BCUT2D eigenvalue weighted by Gasteiger charge is -2.34. The maximum absolute atomic E-state index is 14.6. The highest BCUT2D eigenvalue weighted by Crippen LogP contribution is 2.28. The molecule has 2 amide bonds. The van der Waals surface area contributed by atoms with Crippen LogP contribution in [0.2, 0.25) is 10.0 Å². The second-order valence-corrected chi connectivity index (χ2v) is 14.9. The first-order chi connectivity index (χ1) is 22.4. The number of hydrogen-bond acceptors (Lipinski definition) is 4. The summed E-state index contributed by atoms with van der Waals surface area (Å²) in [7, 11) is -4.19. The molecule has 0 fully saturated rings. The normalized spacial score (nSPS) is 12.2. The third-order valence-corrected chi connectivity index (χ3v) is 10.1. The molecule has 0 bridgehead atoms. The molecule has 0 aliphatic rings. The van der Waals surface area contributed by atoms with E-state index in [1.807, 2.05) is 70.2 Å². The van der Waals surface area contributed by atoms with Crippen LogP contribution in [0.3, 0.4) is 0 Å². The summed E-state index contributed by atoms with van der Waals surface area (Å²) in [6.45, 7) is 7.88. The number of nitrogens with one attached hydrogen (secondary N) is 1. The molecule has 0 aliphatic carbocycles. The van der Waals surface area contributed by atoms with E-state index in [2.05, 4.69) is 5.32 Å². The molecule has 4 aromatic carbocycles. The van der Waals surface area contributed by atoms with Gasteiger partial charge in [-0.1, -0.05) is 118 Å². The van der Waals surface area contributed by atoms with Crippen LogP contribution in [0.5, 0.6) is 0 Å². The van der Waals surface area contributed by atoms with Crippen molar-refractivity contribution in [1.82, 2.24) is 10.2 Å². The molecule has 0 saturated heterocycles. The molecule has 1 N–H and O–H groups in total. The number of amides is 2. The summed E-state index contributed by atoms with van der Waals surface area (Å²) in [6.07, 6.45) is 0.205. The highest BCUT2D eigenvalue weighted by molar-refractivity contribution is 7.92. The number of anilines is 1. The summed E-state index contributed by atoms with van der Waals surface area (Å²) in [6, 6.07) is 28.5. The fraction of sp³-hybridized carbons (Fsp3) is 0.297. The van der Waals surface area contributed by atoms with E-state index < -0.39 is 28.5 Å². The number of carbonyl (C=O) groups is 2. The number of nitrogens with zero attached hydrogens (tertiary/aromatic N) is 2. The van der Waals surface area contributed by atoms with Gasteiger partial charge in [0.25, 0.3) is 10.0 Å². The molecular weight excluding hydrogens is 653 g/mol. The average Bonchev–Trinajstić information content (AvgIpc) is 3.05. The zero-order chi connectivity index (χ0) is 34.1. The number of halogens is 2. The van der Waals surface area contributed by atoms with E-state index in [0.29, 0.717) is 27.8 Å². The maximum atomic E-state index is 14.6. The highest BCUT2D eigenvalue weighted by atomic mass is 35.5. The van der Waals surface area contributed by atoms with Crippen molar-refractivity contribution >= 4 is 50.7 Å². The Balaban J connectivity index is 1.82. The van der Waals surface area contributed by atoms with E-state index in [1.54, 1.807) is 48.5 Å². The Labute approximate surface area is 288 Å². The predicted octanol–water partition coefficient (Wildman–Crippen LogP) is 7.72. The van der Waals surface area contributed by atoms with Gasteiger partial charge in [-0.05, 0) is 64.9 Å². The Kier molecular flexibility index (Phi) is 12.5. The summed E-state index contributed by atoms with van der Waals surface area (Å²) in [4.78, 5) is 30.0. The molecule has 0 unspecified atom stereocenters. The van der Waals surface area contributed by atoms with Gasteiger partial charge >= 0.3 is 0 Å². The van der Waals surface area contributed by atoms with Crippen molar-refractivity contribution in [2.75, 3.05) is 17.4 Å². The Morgan fingerprint density at radius 2 is 1.43 bits per heavy atom. The zero-order valence-corrected chi connectivity index (χ0v) is 29.4. The van der Waals surface area contributed by atoms with Crippen LogP contribution < -0.4 is 9.62 Å². The third kappa shape index (κ3) is 9.60. The number of benzene rings is 4. The molecule has 47 heavy (non-hydrogen) atoms. The van der Waals surface area contributed by atoms with Gasteiger partial charge in [-0.2, -0.15) is 0 Å². The number of hydrogen-bond donors (Lipinski definition) is 1. The van der Waals surface area contributed by atoms with Crippen LogP contribution in [0.15, 0.2) is 108 Å². The molecule has 7 nitrogen and oxygen atoms in total. The smallest absolute Gasteiger partial charge is 0.264 e. The molecule has 10 heteroatoms. The summed E-state index contributed by atoms with van der Waals surface area (Å²) in [5.74, 6) is -0.511. The maximum Gasteiger partial charge on any atom is 0.264 e. The van der Waals surface area contributed by atoms with Crippen LogP contribution in [0.1, 0.15) is 50.3 Å². The first-order valence-electron chi connectivity index (χ1n) is 15.6. The van der Waals surface area contributed by atoms with Crippen molar-refractivity contribution in [3.8, 4) is 0 Å². The molecule has 0 spiro atoms. The van der Waals surface area contributed by atoms with Crippen LogP contribution in [0.4, 0.5) is 5.69 Å². The van der Waals surface area contributed by atoms with Crippen molar-refractivity contribution in [3.63, 3.8) is 0 Å². The van der Waals surface area contributed by atoms with Gasteiger partial charge in [-0.25, -0.2) is 8.42 Å². The Hall–Kier alpha value is -3.85. The second kappa shape index (κ2) is 16.3. The monoisotopic (exact) mass is 693 g/mol.